The fourth-order valence-electron chi connectivity index (χ4n) is 6.32. The number of benzene rings is 2. The maximum Gasteiger partial charge on any atom is 0.416 e. The summed E-state index contributed by atoms with van der Waals surface area (Å²) in [5.41, 5.74) is -1.47. The average molecular weight is 546 g/mol. The molecule has 3 fully saturated rings. The number of halogens is 3. The first-order valence-electron chi connectivity index (χ1n) is 13.5. The van der Waals surface area contributed by atoms with Gasteiger partial charge >= 0.3 is 6.18 Å². The number of carbonyl (C=O) groups excluding carboxylic acids is 2. The van der Waals surface area contributed by atoms with E-state index in [1.54, 1.807) is 0 Å². The Labute approximate surface area is 225 Å². The van der Waals surface area contributed by atoms with E-state index in [0.717, 1.165) is 49.4 Å². The third-order valence-electron chi connectivity index (χ3n) is 8.46. The Morgan fingerprint density at radius 2 is 1.79 bits per heavy atom. The molecule has 1 unspecified atom stereocenters. The summed E-state index contributed by atoms with van der Waals surface area (Å²) < 4.78 is 45.1. The number of rotatable bonds is 6. The highest BCUT2D eigenvalue weighted by Gasteiger charge is 2.52. The number of carbonyl (C=O) groups is 2. The highest BCUT2D eigenvalue weighted by molar-refractivity contribution is 5.96. The van der Waals surface area contributed by atoms with E-state index in [1.807, 2.05) is 30.3 Å². The molecular weight excluding hydrogens is 511 g/mol. The molecule has 0 aromatic heterocycles. The SMILES string of the molecule is O=C(CNC(=O)c1cccc(C(F)(F)F)c1)N[C@H]1CN(C2CCC(O)(c3ccccc3)CC2)CC12CCCO2. The van der Waals surface area contributed by atoms with Crippen LogP contribution >= 0.6 is 0 Å². The fraction of sp³-hybridized carbons (Fsp3) is 0.517. The monoisotopic (exact) mass is 545 g/mol. The molecule has 2 aliphatic heterocycles. The normalized spacial score (nSPS) is 29.4. The zero-order chi connectivity index (χ0) is 27.7. The van der Waals surface area contributed by atoms with Crippen molar-refractivity contribution in [1.82, 2.24) is 15.5 Å². The van der Waals surface area contributed by atoms with Gasteiger partial charge < -0.3 is 20.5 Å². The lowest BCUT2D eigenvalue weighted by molar-refractivity contribution is -0.137. The van der Waals surface area contributed by atoms with Crippen LogP contribution in [0, 0.1) is 0 Å². The zero-order valence-corrected chi connectivity index (χ0v) is 21.7. The molecular formula is C29H34F3N3O4. The van der Waals surface area contributed by atoms with Gasteiger partial charge in [-0.1, -0.05) is 36.4 Å². The Hall–Kier alpha value is -2.95. The number of hydrogen-bond donors (Lipinski definition) is 3. The number of likely N-dealkylation sites (tertiary alicyclic amines) is 1. The van der Waals surface area contributed by atoms with E-state index >= 15 is 0 Å². The molecule has 2 aromatic carbocycles. The Kier molecular flexibility index (Phi) is 7.72. The third kappa shape index (κ3) is 5.97. The van der Waals surface area contributed by atoms with Gasteiger partial charge in [0.05, 0.1) is 23.8 Å². The number of nitrogens with zero attached hydrogens (tertiary/aromatic N) is 1. The highest BCUT2D eigenvalue weighted by atomic mass is 19.4. The molecule has 2 heterocycles. The molecule has 210 valence electrons. The molecule has 3 aliphatic rings. The minimum atomic E-state index is -4.56. The maximum absolute atomic E-state index is 13.0. The number of hydrogen-bond acceptors (Lipinski definition) is 5. The molecule has 1 saturated carbocycles. The highest BCUT2D eigenvalue weighted by Crippen LogP contribution is 2.42. The Balaban J connectivity index is 1.17. The van der Waals surface area contributed by atoms with Gasteiger partial charge in [-0.25, -0.2) is 0 Å². The van der Waals surface area contributed by atoms with Gasteiger partial charge in [0.25, 0.3) is 5.91 Å². The molecule has 10 heteroatoms. The van der Waals surface area contributed by atoms with E-state index in [1.165, 1.54) is 6.07 Å². The molecule has 2 aromatic rings. The van der Waals surface area contributed by atoms with Crippen LogP contribution in [0.5, 0.6) is 0 Å². The maximum atomic E-state index is 13.0. The molecule has 2 amide bonds. The van der Waals surface area contributed by atoms with Gasteiger partial charge in [-0.05, 0) is 62.3 Å². The first-order valence-corrected chi connectivity index (χ1v) is 13.5. The lowest BCUT2D eigenvalue weighted by atomic mass is 9.77. The van der Waals surface area contributed by atoms with Crippen molar-refractivity contribution in [2.75, 3.05) is 26.2 Å². The van der Waals surface area contributed by atoms with Gasteiger partial charge in [-0.2, -0.15) is 13.2 Å². The van der Waals surface area contributed by atoms with Crippen LogP contribution in [0.3, 0.4) is 0 Å². The number of nitrogens with one attached hydrogen (secondary N) is 2. The first-order chi connectivity index (χ1) is 18.6. The van der Waals surface area contributed by atoms with Gasteiger partial charge in [-0.15, -0.1) is 0 Å². The van der Waals surface area contributed by atoms with Crippen LogP contribution < -0.4 is 10.6 Å². The number of aliphatic hydroxyl groups is 1. The smallest absolute Gasteiger partial charge is 0.385 e. The quantitative estimate of drug-likeness (QED) is 0.516. The minimum Gasteiger partial charge on any atom is -0.385 e. The number of amides is 2. The Morgan fingerprint density at radius 1 is 1.05 bits per heavy atom. The van der Waals surface area contributed by atoms with Gasteiger partial charge in [-0.3, -0.25) is 14.5 Å². The van der Waals surface area contributed by atoms with Crippen molar-refractivity contribution in [3.63, 3.8) is 0 Å². The summed E-state index contributed by atoms with van der Waals surface area (Å²) in [6.07, 6.45) is 0.117. The van der Waals surface area contributed by atoms with Crippen LogP contribution in [-0.4, -0.2) is 65.7 Å². The number of alkyl halides is 3. The lowest BCUT2D eigenvalue weighted by Gasteiger charge is -2.40. The van der Waals surface area contributed by atoms with E-state index in [-0.39, 0.29) is 24.2 Å². The second-order valence-corrected chi connectivity index (χ2v) is 11.0. The van der Waals surface area contributed by atoms with Gasteiger partial charge in [0, 0.05) is 31.3 Å². The van der Waals surface area contributed by atoms with E-state index in [4.69, 9.17) is 4.74 Å². The molecule has 3 N–H and O–H groups in total. The predicted molar refractivity (Wildman–Crippen MR) is 138 cm³/mol. The zero-order valence-electron chi connectivity index (χ0n) is 21.7. The van der Waals surface area contributed by atoms with Crippen molar-refractivity contribution in [2.45, 2.75) is 68.0 Å². The summed E-state index contributed by atoms with van der Waals surface area (Å²) in [7, 11) is 0. The van der Waals surface area contributed by atoms with Crippen molar-refractivity contribution in [2.24, 2.45) is 0 Å². The summed E-state index contributed by atoms with van der Waals surface area (Å²) in [6, 6.07) is 13.9. The third-order valence-corrected chi connectivity index (χ3v) is 8.46. The average Bonchev–Trinajstić information content (AvgIpc) is 3.55. The largest absolute Gasteiger partial charge is 0.416 e. The van der Waals surface area contributed by atoms with Crippen LogP contribution in [0.2, 0.25) is 0 Å². The van der Waals surface area contributed by atoms with E-state index in [9.17, 15) is 27.9 Å². The van der Waals surface area contributed by atoms with Crippen molar-refractivity contribution in [3.8, 4) is 0 Å². The van der Waals surface area contributed by atoms with Gasteiger partial charge in [0.1, 0.15) is 5.60 Å². The van der Waals surface area contributed by atoms with E-state index in [2.05, 4.69) is 15.5 Å². The summed E-state index contributed by atoms with van der Waals surface area (Å²) >= 11 is 0. The standard InChI is InChI=1S/C29H34F3N3O4/c30-29(31,32)22-9-4-6-20(16-22)26(37)33-17-25(36)34-24-18-35(19-28(24)12-5-15-39-28)23-10-13-27(38,14-11-23)21-7-2-1-3-8-21/h1-4,6-9,16,23-24,38H,5,10-15,17-19H2,(H,33,37)(H,34,36)/t23?,24-,27?,28?/m0/s1. The fourth-order valence-corrected chi connectivity index (χ4v) is 6.32. The molecule has 7 nitrogen and oxygen atoms in total. The predicted octanol–water partition coefficient (Wildman–Crippen LogP) is 3.62. The van der Waals surface area contributed by atoms with Crippen molar-refractivity contribution in [3.05, 3.63) is 71.3 Å². The van der Waals surface area contributed by atoms with Crippen molar-refractivity contribution in [1.29, 1.82) is 0 Å². The minimum absolute atomic E-state index is 0.159. The van der Waals surface area contributed by atoms with Crippen LogP contribution in [-0.2, 0) is 21.3 Å². The van der Waals surface area contributed by atoms with Gasteiger partial charge in [0.15, 0.2) is 0 Å². The van der Waals surface area contributed by atoms with E-state index in [0.29, 0.717) is 32.5 Å². The van der Waals surface area contributed by atoms with Crippen LogP contribution in [0.25, 0.3) is 0 Å². The second kappa shape index (κ2) is 10.9. The topological polar surface area (TPSA) is 90.9 Å². The Bertz CT molecular complexity index is 1180. The summed E-state index contributed by atoms with van der Waals surface area (Å²) in [6.45, 7) is 1.55. The van der Waals surface area contributed by atoms with Gasteiger partial charge in [0.2, 0.25) is 5.91 Å². The molecule has 0 radical (unpaired) electrons. The molecule has 1 aliphatic carbocycles. The molecule has 0 bridgehead atoms. The van der Waals surface area contributed by atoms with Crippen molar-refractivity contribution >= 4 is 11.8 Å². The lowest BCUT2D eigenvalue weighted by Crippen LogP contribution is -2.53. The molecule has 2 atom stereocenters. The molecule has 5 rings (SSSR count). The van der Waals surface area contributed by atoms with Crippen molar-refractivity contribution < 1.29 is 32.6 Å². The molecule has 1 spiro atoms. The van der Waals surface area contributed by atoms with Crippen LogP contribution in [0.1, 0.15) is 60.0 Å². The molecule has 39 heavy (non-hydrogen) atoms. The number of ether oxygens (including phenoxy) is 1. The summed E-state index contributed by atoms with van der Waals surface area (Å²) in [5.74, 6) is -1.16. The second-order valence-electron chi connectivity index (χ2n) is 11.0. The van der Waals surface area contributed by atoms with E-state index < -0.39 is 34.8 Å². The van der Waals surface area contributed by atoms with Crippen LogP contribution in [0.15, 0.2) is 54.6 Å². The van der Waals surface area contributed by atoms with Crippen LogP contribution in [0.4, 0.5) is 13.2 Å². The first kappa shape index (κ1) is 27.6. The summed E-state index contributed by atoms with van der Waals surface area (Å²) in [5, 5.41) is 16.7. The Morgan fingerprint density at radius 3 is 2.46 bits per heavy atom. The summed E-state index contributed by atoms with van der Waals surface area (Å²) in [4.78, 5) is 27.6. The molecule has 2 saturated heterocycles.